The summed E-state index contributed by atoms with van der Waals surface area (Å²) in [6.45, 7) is 1.17. The Morgan fingerprint density at radius 1 is 1.38 bits per heavy atom. The number of nitrogens with two attached hydrogens (primary N) is 1. The summed E-state index contributed by atoms with van der Waals surface area (Å²) in [4.78, 5) is 22.1. The zero-order valence-electron chi connectivity index (χ0n) is 11.7. The zero-order chi connectivity index (χ0) is 16.2. The van der Waals surface area contributed by atoms with E-state index < -0.39 is 33.3 Å². The number of carbonyl (C=O) groups excluding carboxylic acids is 1. The number of hydrogen-bond donors (Lipinski definition) is 3. The molecule has 0 saturated carbocycles. The number of nitrogens with one attached hydrogen (secondary N) is 1. The molecule has 0 aliphatic carbocycles. The summed E-state index contributed by atoms with van der Waals surface area (Å²) in [6, 6.07) is 3.50. The molecule has 21 heavy (non-hydrogen) atoms. The monoisotopic (exact) mass is 315 g/mol. The molecule has 0 saturated heterocycles. The van der Waals surface area contributed by atoms with Crippen molar-refractivity contribution >= 4 is 27.6 Å². The largest absolute Gasteiger partial charge is 0.478 e. The molecule has 8 nitrogen and oxygen atoms in total. The molecule has 116 valence electrons. The number of nitrogen functional groups attached to an aromatic ring is 1. The van der Waals surface area contributed by atoms with Crippen LogP contribution in [0.2, 0.25) is 0 Å². The fourth-order valence-corrected chi connectivity index (χ4v) is 3.30. The quantitative estimate of drug-likeness (QED) is 0.619. The number of carboxylic acids is 1. The topological polar surface area (TPSA) is 130 Å². The van der Waals surface area contributed by atoms with Crippen molar-refractivity contribution in [1.82, 2.24) is 9.62 Å². The lowest BCUT2D eigenvalue weighted by atomic mass is 10.2. The van der Waals surface area contributed by atoms with Crippen molar-refractivity contribution in [3.05, 3.63) is 23.8 Å². The molecule has 4 N–H and O–H groups in total. The molecule has 0 spiro atoms. The summed E-state index contributed by atoms with van der Waals surface area (Å²) >= 11 is 0. The Hall–Kier alpha value is -2.13. The predicted octanol–water partition coefficient (Wildman–Crippen LogP) is -0.276. The van der Waals surface area contributed by atoms with Crippen LogP contribution >= 0.6 is 0 Å². The second-order valence-corrected chi connectivity index (χ2v) is 6.07. The first-order chi connectivity index (χ1) is 9.73. The Morgan fingerprint density at radius 2 is 2.00 bits per heavy atom. The zero-order valence-corrected chi connectivity index (χ0v) is 12.5. The lowest BCUT2D eigenvalue weighted by Crippen LogP contribution is -2.39. The predicted molar refractivity (Wildman–Crippen MR) is 76.3 cm³/mol. The minimum atomic E-state index is -4.14. The molecule has 0 heterocycles. The average molecular weight is 315 g/mol. The van der Waals surface area contributed by atoms with Crippen LogP contribution in [0.1, 0.15) is 17.3 Å². The number of benzene rings is 1. The van der Waals surface area contributed by atoms with Crippen LogP contribution in [0.15, 0.2) is 23.1 Å². The van der Waals surface area contributed by atoms with Crippen molar-refractivity contribution in [2.45, 2.75) is 11.8 Å². The van der Waals surface area contributed by atoms with Gasteiger partial charge in [-0.2, -0.15) is 4.31 Å². The van der Waals surface area contributed by atoms with Gasteiger partial charge in [0.05, 0.1) is 17.0 Å². The van der Waals surface area contributed by atoms with Crippen LogP contribution in [0, 0.1) is 0 Å². The number of carbonyl (C=O) groups is 2. The van der Waals surface area contributed by atoms with Crippen molar-refractivity contribution in [1.29, 1.82) is 0 Å². The van der Waals surface area contributed by atoms with Gasteiger partial charge in [0.15, 0.2) is 0 Å². The van der Waals surface area contributed by atoms with Gasteiger partial charge < -0.3 is 16.2 Å². The summed E-state index contributed by atoms with van der Waals surface area (Å²) in [5, 5.41) is 11.4. The van der Waals surface area contributed by atoms with E-state index in [0.29, 0.717) is 0 Å². The molecule has 0 radical (unpaired) electrons. The Labute approximate surface area is 122 Å². The molecule has 0 aliphatic rings. The van der Waals surface area contributed by atoms with Gasteiger partial charge in [0, 0.05) is 19.3 Å². The highest BCUT2D eigenvalue weighted by atomic mass is 32.2. The van der Waals surface area contributed by atoms with Gasteiger partial charge in [-0.25, -0.2) is 13.2 Å². The van der Waals surface area contributed by atoms with Gasteiger partial charge in [-0.05, 0) is 18.2 Å². The number of rotatable bonds is 6. The molecule has 0 atom stereocenters. The lowest BCUT2D eigenvalue weighted by Gasteiger charge is -2.20. The number of likely N-dealkylation sites (N-methyl/N-ethyl adjacent to an activating group) is 2. The van der Waals surface area contributed by atoms with Gasteiger partial charge in [0.2, 0.25) is 15.9 Å². The van der Waals surface area contributed by atoms with Gasteiger partial charge in [0.1, 0.15) is 0 Å². The van der Waals surface area contributed by atoms with Crippen molar-refractivity contribution in [3.63, 3.8) is 0 Å². The van der Waals surface area contributed by atoms with Crippen LogP contribution in [0.25, 0.3) is 0 Å². The van der Waals surface area contributed by atoms with Gasteiger partial charge in [-0.15, -0.1) is 0 Å². The highest BCUT2D eigenvalue weighted by Crippen LogP contribution is 2.23. The van der Waals surface area contributed by atoms with E-state index in [1.165, 1.54) is 13.1 Å². The molecular weight excluding hydrogens is 298 g/mol. The first-order valence-electron chi connectivity index (χ1n) is 6.07. The van der Waals surface area contributed by atoms with Crippen LogP contribution in [0.3, 0.4) is 0 Å². The van der Waals surface area contributed by atoms with Crippen LogP contribution in [0.5, 0.6) is 0 Å². The minimum absolute atomic E-state index is 0.0175. The third kappa shape index (κ3) is 3.70. The van der Waals surface area contributed by atoms with Crippen molar-refractivity contribution in [2.24, 2.45) is 0 Å². The Bertz CT molecular complexity index is 657. The number of anilines is 1. The van der Waals surface area contributed by atoms with E-state index in [1.807, 2.05) is 0 Å². The Morgan fingerprint density at radius 3 is 2.48 bits per heavy atom. The van der Waals surface area contributed by atoms with Gasteiger partial charge in [-0.3, -0.25) is 4.79 Å². The van der Waals surface area contributed by atoms with Crippen molar-refractivity contribution < 1.29 is 23.1 Å². The Balaban J connectivity index is 3.38. The fourth-order valence-electron chi connectivity index (χ4n) is 1.67. The third-order valence-electron chi connectivity index (χ3n) is 2.81. The third-order valence-corrected chi connectivity index (χ3v) is 4.77. The van der Waals surface area contributed by atoms with Crippen molar-refractivity contribution in [3.8, 4) is 0 Å². The van der Waals surface area contributed by atoms with Crippen LogP contribution in [-0.2, 0) is 14.8 Å². The average Bonchev–Trinajstić information content (AvgIpc) is 2.43. The number of hydrogen-bond acceptors (Lipinski definition) is 5. The molecule has 1 aromatic rings. The molecule has 1 amide bonds. The summed E-state index contributed by atoms with van der Waals surface area (Å²) < 4.78 is 25.9. The molecule has 1 aromatic carbocycles. The Kier molecular flexibility index (Phi) is 5.28. The number of amides is 1. The van der Waals surface area contributed by atoms with Gasteiger partial charge in [-0.1, -0.05) is 6.92 Å². The van der Waals surface area contributed by atoms with Crippen LogP contribution in [0.4, 0.5) is 5.69 Å². The summed E-state index contributed by atoms with van der Waals surface area (Å²) in [7, 11) is -2.76. The molecule has 0 bridgehead atoms. The fraction of sp³-hybridized carbons (Fsp3) is 0.333. The molecule has 9 heteroatoms. The molecule has 0 fully saturated rings. The maximum atomic E-state index is 12.5. The van der Waals surface area contributed by atoms with E-state index in [0.717, 1.165) is 16.4 Å². The number of aromatic carboxylic acids is 1. The maximum Gasteiger partial charge on any atom is 0.337 e. The lowest BCUT2D eigenvalue weighted by molar-refractivity contribution is -0.120. The second kappa shape index (κ2) is 6.55. The van der Waals surface area contributed by atoms with Crippen molar-refractivity contribution in [2.75, 3.05) is 25.9 Å². The smallest absolute Gasteiger partial charge is 0.337 e. The van der Waals surface area contributed by atoms with Crippen LogP contribution < -0.4 is 11.1 Å². The molecule has 0 unspecified atom stereocenters. The van der Waals surface area contributed by atoms with Crippen LogP contribution in [-0.4, -0.2) is 49.8 Å². The van der Waals surface area contributed by atoms with E-state index in [2.05, 4.69) is 5.32 Å². The maximum absolute atomic E-state index is 12.5. The van der Waals surface area contributed by atoms with Gasteiger partial charge >= 0.3 is 5.97 Å². The summed E-state index contributed by atoms with van der Waals surface area (Å²) in [5.74, 6) is -1.88. The molecule has 0 aromatic heterocycles. The van der Waals surface area contributed by atoms with E-state index >= 15 is 0 Å². The second-order valence-electron chi connectivity index (χ2n) is 4.17. The van der Waals surface area contributed by atoms with E-state index in [-0.39, 0.29) is 17.8 Å². The normalized spacial score (nSPS) is 11.4. The standard InChI is InChI=1S/C12H17N3O5S/c1-3-15(7-11(16)14-2)21(19,20)10-6-8(13)4-5-9(10)12(17)18/h4-6H,3,7,13H2,1-2H3,(H,14,16)(H,17,18). The molecule has 1 rings (SSSR count). The van der Waals surface area contributed by atoms with E-state index in [9.17, 15) is 18.0 Å². The highest BCUT2D eigenvalue weighted by molar-refractivity contribution is 7.89. The summed E-state index contributed by atoms with van der Waals surface area (Å²) in [6.07, 6.45) is 0. The summed E-state index contributed by atoms with van der Waals surface area (Å²) in [5.41, 5.74) is 5.27. The SMILES string of the molecule is CCN(CC(=O)NC)S(=O)(=O)c1cc(N)ccc1C(=O)O. The first-order valence-corrected chi connectivity index (χ1v) is 7.51. The molecule has 0 aliphatic heterocycles. The molecular formula is C12H17N3O5S. The van der Waals surface area contributed by atoms with E-state index in [1.54, 1.807) is 6.92 Å². The minimum Gasteiger partial charge on any atom is -0.478 e. The number of nitrogens with zero attached hydrogens (tertiary/aromatic N) is 1. The first kappa shape index (κ1) is 16.9. The number of sulfonamides is 1. The van der Waals surface area contributed by atoms with Gasteiger partial charge in [0.25, 0.3) is 0 Å². The van der Waals surface area contributed by atoms with E-state index in [4.69, 9.17) is 10.8 Å². The number of carboxylic acid groups (broad SMARTS) is 1. The highest BCUT2D eigenvalue weighted by Gasteiger charge is 2.29.